The number of nitrogen functional groups attached to an aromatic ring is 7. The quantitative estimate of drug-likeness (QED) is 0.0206. The Balaban J connectivity index is 0.000000213. The monoisotopic (exact) mass is 2300 g/mol. The van der Waals surface area contributed by atoms with E-state index in [1.165, 1.54) is 93.2 Å². The van der Waals surface area contributed by atoms with E-state index in [1.807, 2.05) is 87.6 Å². The molecular weight excluding hydrogens is 2160 g/mol. The number of sulfone groups is 1. The molecule has 150 heavy (non-hydrogen) atoms. The van der Waals surface area contributed by atoms with Crippen LogP contribution in [0, 0.1) is 132 Å². The smallest absolute Gasteiger partial charge is 0.238 e. The lowest BCUT2D eigenvalue weighted by Gasteiger charge is -2.16. The molecule has 0 aliphatic rings. The second-order valence-electron chi connectivity index (χ2n) is 38.0. The number of aryl methyl sites for hydroxylation is 15. The highest BCUT2D eigenvalue weighted by atomic mass is 127. The number of rotatable bonds is 24. The van der Waals surface area contributed by atoms with E-state index in [4.69, 9.17) is 56.4 Å². The van der Waals surface area contributed by atoms with E-state index in [2.05, 4.69) is 288 Å². The van der Waals surface area contributed by atoms with E-state index in [0.29, 0.717) is 126 Å². The third kappa shape index (κ3) is 35.4. The third-order valence-corrected chi connectivity index (χ3v) is 34.3. The van der Waals surface area contributed by atoms with Crippen LogP contribution in [-0.4, -0.2) is 100.0 Å². The number of anilines is 7. The summed E-state index contributed by atoms with van der Waals surface area (Å²) in [5.74, 6) is 20.5. The Hall–Kier alpha value is -11.3. The molecule has 0 aliphatic carbocycles. The van der Waals surface area contributed by atoms with E-state index >= 15 is 0 Å². The average Bonchev–Trinajstić information content (AvgIpc) is 0.789. The molecule has 0 amide bonds. The van der Waals surface area contributed by atoms with Gasteiger partial charge in [-0.05, 0) is 301 Å². The standard InChI is InChI=1S/C18H21N3S.C17H19N3S.C16H21N3O2S2.C16H21N3OS.C16H21N3S.C15H18IN3S.C15H20N4O2S2/c1-6-7-14-9-16(15(11(2)3)8-12(14)4)22-17-10-20-13(5)21-18(17)19;1-6-13-8-15(14(10(2)3)7-11(13)4)21-16-9-19-12(5)20-17(16)18;1-9(2)12-6-10(3)15(23(5,20)21)7-13(12)22-14-8-18-11(4)19-16(14)17;1-9(2)12-6-10(3)13(20-5)7-14(12)21-15-8-18-11(4)19-16(15)17;1-9(2)13-6-10(3)11(4)7-14(13)20-15-8-18-12(5)19-16(15)17;1-8(2)11-5-9(3)12(16)6-13(11)20-14-7-18-10(4)19-15(14)17;1-8(2)11-5-9(3)14(23(17,20)21)6-12(11)22-13-7-18-10(4)19-15(13)16/h8-11H,1-5H3,(H2,19,20,21);1,7-10H,2-5H3,(H2,18,19,20);6-9H,1-5H3,(H2,17,18,19);6-9H,1-5H3,(H2,17,18,19);6-9H,1-5H3,(H2,17,18,19);5-8H,1-4H3,(H2,17,18,19);5-8H,1-4H3,(H2,16,18,19)(H2,17,20,21). The van der Waals surface area contributed by atoms with E-state index in [1.54, 1.807) is 136 Å². The summed E-state index contributed by atoms with van der Waals surface area (Å²) < 4.78 is 54.2. The first-order valence-electron chi connectivity index (χ1n) is 48.4. The molecule has 7 aromatic carbocycles. The van der Waals surface area contributed by atoms with Crippen LogP contribution in [0.1, 0.15) is 281 Å². The van der Waals surface area contributed by atoms with Crippen LogP contribution in [0.3, 0.4) is 0 Å². The van der Waals surface area contributed by atoms with Crippen molar-refractivity contribution in [1.82, 2.24) is 69.8 Å². The maximum Gasteiger partial charge on any atom is 0.238 e. The van der Waals surface area contributed by atoms with Crippen LogP contribution >= 0.6 is 105 Å². The predicted molar refractivity (Wildman–Crippen MR) is 633 cm³/mol. The number of methoxy groups -OCH3 is 1. The van der Waals surface area contributed by atoms with Crippen molar-refractivity contribution in [2.45, 2.75) is 327 Å². The van der Waals surface area contributed by atoms with Gasteiger partial charge >= 0.3 is 0 Å². The van der Waals surface area contributed by atoms with Gasteiger partial charge in [0.2, 0.25) is 10.0 Å². The molecule has 0 saturated heterocycles. The summed E-state index contributed by atoms with van der Waals surface area (Å²) >= 11 is 13.2. The summed E-state index contributed by atoms with van der Waals surface area (Å²) in [4.78, 5) is 72.7. The van der Waals surface area contributed by atoms with Gasteiger partial charge in [-0.25, -0.2) is 91.8 Å². The first-order valence-corrected chi connectivity index (χ1v) is 58.6. The number of hydrogen-bond acceptors (Lipinski definition) is 33. The van der Waals surface area contributed by atoms with Crippen molar-refractivity contribution >= 4 is 166 Å². The highest BCUT2D eigenvalue weighted by Gasteiger charge is 2.25. The molecule has 0 aliphatic heterocycles. The van der Waals surface area contributed by atoms with Gasteiger partial charge in [0.25, 0.3) is 0 Å². The molecule has 0 atom stereocenters. The fourth-order valence-corrected chi connectivity index (χ4v) is 25.1. The van der Waals surface area contributed by atoms with Crippen molar-refractivity contribution < 1.29 is 21.6 Å². The van der Waals surface area contributed by atoms with E-state index in [9.17, 15) is 16.8 Å². The molecule has 0 saturated carbocycles. The Bertz CT molecular complexity index is 7330. The predicted octanol–water partition coefficient (Wildman–Crippen LogP) is 27.0. The minimum Gasteiger partial charge on any atom is -0.496 e. The lowest BCUT2D eigenvalue weighted by Crippen LogP contribution is -2.14. The Morgan fingerprint density at radius 1 is 0.293 bits per heavy atom. The zero-order chi connectivity index (χ0) is 112. The Labute approximate surface area is 931 Å². The van der Waals surface area contributed by atoms with Crippen LogP contribution in [-0.2, 0) is 19.9 Å². The first kappa shape index (κ1) is 124. The molecule has 14 aromatic rings. The Morgan fingerprint density at radius 2 is 0.513 bits per heavy atom. The molecule has 14 rings (SSSR count). The number of ether oxygens (including phenoxy) is 1. The van der Waals surface area contributed by atoms with Gasteiger partial charge < -0.3 is 44.9 Å². The van der Waals surface area contributed by atoms with Crippen molar-refractivity contribution in [3.05, 3.63) is 267 Å². The SMILES string of the molecule is C#Cc1cc(Sc2cnc(C)nc2N)c(C(C)C)cc1C.CC#Cc1cc(Sc2cnc(C)nc2N)c(C(C)C)cc1C.COc1cc(Sc2cnc(C)nc2N)c(C(C)C)cc1C.Cc1ncc(Sc2cc(C)c(C)cc2C(C)C)c(N)n1.Cc1ncc(Sc2cc(I)c(C)cc2C(C)C)c(N)n1.Cc1ncc(Sc2cc(S(C)(=O)=O)c(C)cc2C(C)C)c(N)n1.Cc1ncc(Sc2cc(S(N)(=O)=O)c(C)cc2C(C)C)c(N)n1. The number of sulfonamides is 1. The summed E-state index contributed by atoms with van der Waals surface area (Å²) in [5, 5.41) is 5.31. The maximum atomic E-state index is 12.0. The molecule has 0 radical (unpaired) electrons. The van der Waals surface area contributed by atoms with Crippen molar-refractivity contribution in [2.75, 3.05) is 53.5 Å². The summed E-state index contributed by atoms with van der Waals surface area (Å²) in [5.41, 5.74) is 61.3. The van der Waals surface area contributed by atoms with Gasteiger partial charge in [0, 0.05) is 98.6 Å². The summed E-state index contributed by atoms with van der Waals surface area (Å²) in [6, 6.07) is 28.9. The number of terminal acetylenes is 1. The van der Waals surface area contributed by atoms with E-state index < -0.39 is 19.9 Å². The van der Waals surface area contributed by atoms with E-state index in [0.717, 1.165) is 98.5 Å². The van der Waals surface area contributed by atoms with Gasteiger partial charge in [-0.2, -0.15) is 0 Å². The normalized spacial score (nSPS) is 11.2. The van der Waals surface area contributed by atoms with Gasteiger partial charge in [-0.15, -0.1) is 12.3 Å². The number of nitrogens with two attached hydrogens (primary N) is 8. The van der Waals surface area contributed by atoms with Crippen molar-refractivity contribution in [3.8, 4) is 29.9 Å². The van der Waals surface area contributed by atoms with Crippen LogP contribution < -0.4 is 50.0 Å². The van der Waals surface area contributed by atoms with Gasteiger partial charge in [0.1, 0.15) is 87.2 Å². The molecule has 27 nitrogen and oxygen atoms in total. The molecule has 7 heterocycles. The number of primary sulfonamides is 1. The molecular formula is C113H141IN22O5S9. The molecule has 16 N–H and O–H groups in total. The minimum absolute atomic E-state index is 0.121. The van der Waals surface area contributed by atoms with Gasteiger partial charge in [0.15, 0.2) is 9.84 Å². The average molecular weight is 2300 g/mol. The third-order valence-electron chi connectivity index (χ3n) is 23.1. The zero-order valence-electron chi connectivity index (χ0n) is 91.7. The lowest BCUT2D eigenvalue weighted by atomic mass is 9.98. The molecule has 0 fully saturated rings. The van der Waals surface area contributed by atoms with Gasteiger partial charge in [-0.1, -0.05) is 234 Å². The second-order valence-corrected chi connectivity index (χ2v) is 50.3. The number of halogens is 1. The topological polar surface area (TPSA) is 466 Å². The fourth-order valence-electron chi connectivity index (χ4n) is 14.8. The zero-order valence-corrected chi connectivity index (χ0v) is 101. The van der Waals surface area contributed by atoms with Crippen LogP contribution in [0.15, 0.2) is 207 Å². The summed E-state index contributed by atoms with van der Waals surface area (Å²) in [6.07, 6.45) is 19.1. The van der Waals surface area contributed by atoms with Crippen molar-refractivity contribution in [1.29, 1.82) is 0 Å². The van der Waals surface area contributed by atoms with Gasteiger partial charge in [0.05, 0.1) is 51.2 Å². The minimum atomic E-state index is -3.78. The first-order chi connectivity index (χ1) is 70.2. The van der Waals surface area contributed by atoms with Crippen LogP contribution in [0.25, 0.3) is 0 Å². The largest absolute Gasteiger partial charge is 0.496 e. The number of hydrogen-bond donors (Lipinski definition) is 8. The second kappa shape index (κ2) is 55.8. The molecule has 0 bridgehead atoms. The maximum absolute atomic E-state index is 12.0. The van der Waals surface area contributed by atoms with Crippen LogP contribution in [0.4, 0.5) is 40.7 Å². The van der Waals surface area contributed by atoms with Crippen LogP contribution in [0.5, 0.6) is 5.75 Å². The molecule has 794 valence electrons. The number of aromatic nitrogens is 14. The van der Waals surface area contributed by atoms with Crippen LogP contribution in [0.2, 0.25) is 0 Å². The number of nitrogens with zero attached hydrogens (tertiary/aromatic N) is 14. The van der Waals surface area contributed by atoms with Crippen molar-refractivity contribution in [3.63, 3.8) is 0 Å². The van der Waals surface area contributed by atoms with Gasteiger partial charge in [-0.3, -0.25) is 0 Å². The highest BCUT2D eigenvalue weighted by Crippen LogP contribution is 2.47. The Kier molecular flexibility index (Phi) is 46.1. The molecule has 0 spiro atoms. The summed E-state index contributed by atoms with van der Waals surface area (Å²) in [7, 11) is -5.38. The molecule has 0 unspecified atom stereocenters. The fraction of sp³-hybridized carbons (Fsp3) is 0.345. The van der Waals surface area contributed by atoms with Crippen molar-refractivity contribution in [2.24, 2.45) is 5.14 Å². The number of benzene rings is 7. The molecule has 7 aromatic heterocycles. The highest BCUT2D eigenvalue weighted by molar-refractivity contribution is 14.1. The summed E-state index contributed by atoms with van der Waals surface area (Å²) in [6.45, 7) is 60.9. The van der Waals surface area contributed by atoms with E-state index in [-0.39, 0.29) is 16.7 Å². The molecule has 37 heteroatoms. The Morgan fingerprint density at radius 3 is 0.773 bits per heavy atom. The lowest BCUT2D eigenvalue weighted by molar-refractivity contribution is 0.410.